The van der Waals surface area contributed by atoms with Gasteiger partial charge in [-0.1, -0.05) is 54.3 Å². The molecule has 13 heteroatoms. The number of aromatic hydroxyl groups is 2. The van der Waals surface area contributed by atoms with E-state index in [2.05, 4.69) is 15.7 Å². The fourth-order valence-electron chi connectivity index (χ4n) is 4.75. The predicted octanol–water partition coefficient (Wildman–Crippen LogP) is 3.42. The Morgan fingerprint density at radius 2 is 1.45 bits per heavy atom. The minimum Gasteiger partial charge on any atom is -0.870 e. The number of nitrogens with zero attached hydrogens (tertiary/aromatic N) is 3. The summed E-state index contributed by atoms with van der Waals surface area (Å²) in [5.74, 6) is -2.52. The summed E-state index contributed by atoms with van der Waals surface area (Å²) >= 11 is 0. The van der Waals surface area contributed by atoms with E-state index in [1.165, 1.54) is 24.3 Å². The number of carbonyl (C=O) groups is 1. The number of fused-ring (bicyclic) bond motifs is 1. The summed E-state index contributed by atoms with van der Waals surface area (Å²) in [5.41, 5.74) is 2.03. The maximum absolute atomic E-state index is 12.9. The quantitative estimate of drug-likeness (QED) is 0.131. The number of aromatic nitrogens is 1. The van der Waals surface area contributed by atoms with Crippen LogP contribution in [0.15, 0.2) is 100.0 Å². The Morgan fingerprint density at radius 1 is 0.841 bits per heavy atom. The fourth-order valence-corrected chi connectivity index (χ4v) is 4.75. The Bertz CT molecular complexity index is 2280. The van der Waals surface area contributed by atoms with E-state index in [1.807, 2.05) is 30.3 Å². The Kier molecular flexibility index (Phi) is 7.99. The molecule has 0 spiro atoms. The maximum Gasteiger partial charge on any atom is 2.00 e. The fraction of sp³-hybridized carbons (Fsp3) is 0.0323. The van der Waals surface area contributed by atoms with E-state index in [0.29, 0.717) is 0 Å². The molecule has 12 nitrogen and oxygen atoms in total. The molecule has 0 fully saturated rings. The topological polar surface area (TPSA) is 196 Å². The zero-order valence-corrected chi connectivity index (χ0v) is 23.4. The molecule has 5 N–H and O–H groups in total. The number of carbonyl (C=O) groups excluding carboxylic acids is 1. The number of hydrogen-bond acceptors (Lipinski definition) is 10. The third-order valence-electron chi connectivity index (χ3n) is 6.85. The van der Waals surface area contributed by atoms with Crippen LogP contribution in [0.2, 0.25) is 0 Å². The number of amides is 1. The molecule has 44 heavy (non-hydrogen) atoms. The van der Waals surface area contributed by atoms with Crippen molar-refractivity contribution in [2.24, 2.45) is 10.2 Å². The van der Waals surface area contributed by atoms with Gasteiger partial charge < -0.3 is 30.9 Å². The Hall–Kier alpha value is -5.78. The van der Waals surface area contributed by atoms with Crippen LogP contribution in [0.3, 0.4) is 0 Å². The van der Waals surface area contributed by atoms with Crippen LogP contribution in [-0.4, -0.2) is 20.8 Å². The Balaban J connectivity index is 0.00000384. The second-order valence-electron chi connectivity index (χ2n) is 9.51. The van der Waals surface area contributed by atoms with Crippen LogP contribution in [0, 0.1) is 21.3 Å². The summed E-state index contributed by atoms with van der Waals surface area (Å²) < 4.78 is 6.72. The van der Waals surface area contributed by atoms with Gasteiger partial charge in [-0.15, -0.1) is 10.2 Å². The first-order valence-electron chi connectivity index (χ1n) is 12.9. The van der Waals surface area contributed by atoms with E-state index in [4.69, 9.17) is 15.6 Å². The summed E-state index contributed by atoms with van der Waals surface area (Å²) in [6, 6.07) is 22.7. The summed E-state index contributed by atoms with van der Waals surface area (Å²) in [6.07, 6.45) is 0. The van der Waals surface area contributed by atoms with Gasteiger partial charge in [0.15, 0.2) is 0 Å². The van der Waals surface area contributed by atoms with Crippen molar-refractivity contribution in [1.82, 2.24) is 4.68 Å². The summed E-state index contributed by atoms with van der Waals surface area (Å²) in [7, 11) is 0. The van der Waals surface area contributed by atoms with Gasteiger partial charge in [0, 0.05) is 10.8 Å². The van der Waals surface area contributed by atoms with Crippen molar-refractivity contribution in [3.8, 4) is 23.3 Å². The molecular formula is C31H21CuN6O6+. The SMILES string of the molecule is N=c1ccc(=N)c2c(=O)c(N=Nc3ccc(OCc4ccccc4)c4c(O)n(NC(=O)c5ccccc5)c(O)c34)c([O-])c1=2.[Cu+2]. The largest absolute Gasteiger partial charge is 2.00 e. The second kappa shape index (κ2) is 11.8. The first-order chi connectivity index (χ1) is 20.8. The van der Waals surface area contributed by atoms with E-state index in [1.54, 1.807) is 30.3 Å². The van der Waals surface area contributed by atoms with E-state index in [0.717, 1.165) is 10.2 Å². The molecular weight excluding hydrogens is 616 g/mol. The molecule has 0 atom stereocenters. The average molecular weight is 637 g/mol. The van der Waals surface area contributed by atoms with Gasteiger partial charge in [-0.3, -0.25) is 15.0 Å². The zero-order valence-electron chi connectivity index (χ0n) is 22.5. The number of rotatable bonds is 7. The summed E-state index contributed by atoms with van der Waals surface area (Å²) in [6.45, 7) is 0.114. The van der Waals surface area contributed by atoms with Crippen molar-refractivity contribution in [3.05, 3.63) is 127 Å². The van der Waals surface area contributed by atoms with Crippen molar-refractivity contribution in [2.45, 2.75) is 6.61 Å². The monoisotopic (exact) mass is 636 g/mol. The van der Waals surface area contributed by atoms with Crippen molar-refractivity contribution >= 4 is 28.1 Å². The van der Waals surface area contributed by atoms with Crippen molar-refractivity contribution in [3.63, 3.8) is 0 Å². The molecule has 1 aromatic heterocycles. The molecule has 2 aliphatic rings. The molecule has 3 aromatic carbocycles. The molecule has 0 saturated heterocycles. The van der Waals surface area contributed by atoms with E-state index >= 15 is 0 Å². The van der Waals surface area contributed by atoms with Gasteiger partial charge >= 0.3 is 17.1 Å². The standard InChI is InChI=1S/C31H22N6O6.Cu/c32-18-11-12-19(33)23-22(18)27(38)26(28(23)39)35-34-20-13-14-21(43-15-16-7-3-1-4-8-16)25-24(20)30(41)37(31(25)42)36-29(40)17-9-5-2-6-10-17;/h1-14,32-33,38,41-42H,15H2,(H,36,40);/q;+2/p-1. The third kappa shape index (κ3) is 5.06. The second-order valence-corrected chi connectivity index (χ2v) is 9.51. The smallest absolute Gasteiger partial charge is 0.870 e. The van der Waals surface area contributed by atoms with Crippen LogP contribution in [0.25, 0.3) is 10.8 Å². The van der Waals surface area contributed by atoms with Crippen LogP contribution >= 0.6 is 0 Å². The zero-order chi connectivity index (χ0) is 30.2. The van der Waals surface area contributed by atoms with Crippen molar-refractivity contribution in [1.29, 1.82) is 10.8 Å². The van der Waals surface area contributed by atoms with Gasteiger partial charge in [0.1, 0.15) is 18.0 Å². The molecule has 0 aliphatic heterocycles. The first kappa shape index (κ1) is 29.7. The van der Waals surface area contributed by atoms with Gasteiger partial charge in [0.25, 0.3) is 5.91 Å². The van der Waals surface area contributed by atoms with Gasteiger partial charge in [-0.05, 0) is 42.0 Å². The van der Waals surface area contributed by atoms with Gasteiger partial charge in [-0.2, -0.15) is 4.68 Å². The number of ether oxygens (including phenoxy) is 1. The molecule has 221 valence electrons. The molecule has 1 heterocycles. The average Bonchev–Trinajstić information content (AvgIpc) is 3.43. The van der Waals surface area contributed by atoms with Gasteiger partial charge in [0.2, 0.25) is 17.2 Å². The summed E-state index contributed by atoms with van der Waals surface area (Å²) in [4.78, 5) is 25.8. The van der Waals surface area contributed by atoms with Gasteiger partial charge in [-0.25, -0.2) is 0 Å². The van der Waals surface area contributed by atoms with Crippen LogP contribution in [0.1, 0.15) is 15.9 Å². The summed E-state index contributed by atoms with van der Waals surface area (Å²) in [5, 5.41) is 58.3. The molecule has 6 rings (SSSR count). The molecule has 1 radical (unpaired) electrons. The minimum absolute atomic E-state index is 0. The normalized spacial score (nSPS) is 11.2. The third-order valence-corrected chi connectivity index (χ3v) is 6.85. The van der Waals surface area contributed by atoms with Crippen LogP contribution in [-0.2, 0) is 23.7 Å². The maximum atomic E-state index is 12.9. The molecule has 2 aliphatic carbocycles. The van der Waals surface area contributed by atoms with Crippen LogP contribution < -0.4 is 31.4 Å². The predicted molar refractivity (Wildman–Crippen MR) is 152 cm³/mol. The minimum atomic E-state index is -0.846. The number of benzene rings is 3. The number of azo groups is 1. The molecule has 4 aromatic rings. The molecule has 0 saturated carbocycles. The number of hydrogen-bond donors (Lipinski definition) is 5. The molecule has 0 bridgehead atoms. The van der Waals surface area contributed by atoms with E-state index < -0.39 is 34.5 Å². The molecule has 1 amide bonds. The number of nitrogens with one attached hydrogen (secondary N) is 3. The Labute approximate surface area is 258 Å². The van der Waals surface area contributed by atoms with Gasteiger partial charge in [0.05, 0.1) is 32.4 Å². The van der Waals surface area contributed by atoms with E-state index in [9.17, 15) is 24.9 Å². The van der Waals surface area contributed by atoms with Crippen LogP contribution in [0.4, 0.5) is 11.4 Å². The van der Waals surface area contributed by atoms with Crippen LogP contribution in [0.5, 0.6) is 23.3 Å². The molecule has 0 unspecified atom stereocenters. The first-order valence-corrected chi connectivity index (χ1v) is 12.9. The van der Waals surface area contributed by atoms with Crippen molar-refractivity contribution in [2.75, 3.05) is 5.43 Å². The Morgan fingerprint density at radius 3 is 2.11 bits per heavy atom. The van der Waals surface area contributed by atoms with Crippen molar-refractivity contribution < 1.29 is 41.9 Å². The van der Waals surface area contributed by atoms with E-state index in [-0.39, 0.29) is 72.6 Å².